The molecule has 254 valence electrons. The molecule has 0 bridgehead atoms. The quantitative estimate of drug-likeness (QED) is 0.220. The molecule has 2 atom stereocenters. The summed E-state index contributed by atoms with van der Waals surface area (Å²) >= 11 is 7.68. The van der Waals surface area contributed by atoms with Gasteiger partial charge in [-0.2, -0.15) is 19.9 Å². The number of anilines is 2. The molecule has 0 unspecified atom stereocenters. The summed E-state index contributed by atoms with van der Waals surface area (Å²) in [5.74, 6) is -1.17. The first-order chi connectivity index (χ1) is 23.5. The molecule has 2 aromatic carbocycles. The topological polar surface area (TPSA) is 142 Å². The number of aromatic nitrogens is 5. The molecule has 49 heavy (non-hydrogen) atoms. The molecule has 0 aliphatic carbocycles. The number of ether oxygens (including phenoxy) is 1. The van der Waals surface area contributed by atoms with Crippen LogP contribution in [0.5, 0.6) is 6.01 Å². The van der Waals surface area contributed by atoms with Gasteiger partial charge in [0.25, 0.3) is 0 Å². The number of benzene rings is 2. The number of hydrogen-bond donors (Lipinski definition) is 1. The first-order valence-electron chi connectivity index (χ1n) is 15.5. The highest BCUT2D eigenvalue weighted by atomic mass is 35.5. The summed E-state index contributed by atoms with van der Waals surface area (Å²) in [6.45, 7) is 1.68. The van der Waals surface area contributed by atoms with Crippen molar-refractivity contribution in [2.45, 2.75) is 31.0 Å². The number of nitriles is 1. The SMILES string of the molecule is CN(CCN(C)c1nc(OC[C@@]23CCCN2C[C@H](F)C3)nc2c(F)c(-c3ccc(F)c4sc(N)c(C#N)c34)c(Cl)cc12)C(=O)n1ccnn1. The number of halogens is 4. The van der Waals surface area contributed by atoms with Crippen molar-refractivity contribution >= 4 is 60.8 Å². The maximum atomic E-state index is 16.9. The van der Waals surface area contributed by atoms with Crippen LogP contribution in [0.1, 0.15) is 24.8 Å². The lowest BCUT2D eigenvalue weighted by Gasteiger charge is -2.31. The maximum absolute atomic E-state index is 16.9. The number of carbonyl (C=O) groups is 1. The lowest BCUT2D eigenvalue weighted by atomic mass is 9.95. The minimum atomic E-state index is -0.973. The van der Waals surface area contributed by atoms with Gasteiger partial charge in [0.2, 0.25) is 0 Å². The predicted octanol–water partition coefficient (Wildman–Crippen LogP) is 5.48. The molecule has 7 rings (SSSR count). The average molecular weight is 711 g/mol. The number of thiophene rings is 1. The van der Waals surface area contributed by atoms with Crippen LogP contribution in [0.25, 0.3) is 32.1 Å². The second-order valence-electron chi connectivity index (χ2n) is 12.4. The van der Waals surface area contributed by atoms with Crippen LogP contribution in [0, 0.1) is 23.0 Å². The molecule has 12 nitrogen and oxygen atoms in total. The smallest absolute Gasteiger partial charge is 0.345 e. The van der Waals surface area contributed by atoms with Gasteiger partial charge >= 0.3 is 12.0 Å². The number of carbonyl (C=O) groups excluding carboxylic acids is 1. The summed E-state index contributed by atoms with van der Waals surface area (Å²) in [6.07, 6.45) is 3.84. The number of hydrogen-bond acceptors (Lipinski definition) is 11. The third-order valence-corrected chi connectivity index (χ3v) is 10.7. The van der Waals surface area contributed by atoms with Crippen molar-refractivity contribution in [1.82, 2.24) is 34.8 Å². The highest BCUT2D eigenvalue weighted by Gasteiger charge is 2.49. The van der Waals surface area contributed by atoms with Gasteiger partial charge < -0.3 is 20.3 Å². The molecule has 0 radical (unpaired) electrons. The van der Waals surface area contributed by atoms with E-state index in [2.05, 4.69) is 25.2 Å². The number of nitrogen functional groups attached to an aromatic ring is 1. The van der Waals surface area contributed by atoms with Gasteiger partial charge in [-0.15, -0.1) is 16.4 Å². The fourth-order valence-electron chi connectivity index (χ4n) is 6.91. The molecule has 17 heteroatoms. The normalized spacial score (nSPS) is 19.0. The number of rotatable bonds is 8. The number of nitrogens with zero attached hydrogens (tertiary/aromatic N) is 9. The third kappa shape index (κ3) is 5.65. The Kier molecular flexibility index (Phi) is 8.45. The number of alkyl halides is 1. The molecule has 2 saturated heterocycles. The number of likely N-dealkylation sites (N-methyl/N-ethyl adjacent to an activating group) is 2. The van der Waals surface area contributed by atoms with Gasteiger partial charge in [-0.05, 0) is 37.1 Å². The Morgan fingerprint density at radius 3 is 2.86 bits per heavy atom. The molecule has 5 heterocycles. The van der Waals surface area contributed by atoms with E-state index in [-0.39, 0.29) is 79.2 Å². The van der Waals surface area contributed by atoms with E-state index in [1.165, 1.54) is 35.5 Å². The van der Waals surface area contributed by atoms with E-state index in [1.807, 2.05) is 6.07 Å². The van der Waals surface area contributed by atoms with Gasteiger partial charge in [0.1, 0.15) is 41.0 Å². The number of fused-ring (bicyclic) bond motifs is 3. The van der Waals surface area contributed by atoms with E-state index in [9.17, 15) is 18.8 Å². The summed E-state index contributed by atoms with van der Waals surface area (Å²) in [6, 6.07) is 5.51. The Hall–Kier alpha value is -4.72. The van der Waals surface area contributed by atoms with Crippen LogP contribution in [0.15, 0.2) is 30.6 Å². The van der Waals surface area contributed by atoms with E-state index in [4.69, 9.17) is 22.1 Å². The first-order valence-corrected chi connectivity index (χ1v) is 16.7. The zero-order valence-electron chi connectivity index (χ0n) is 26.5. The molecular formula is C32H30ClF3N10O2S. The second kappa shape index (κ2) is 12.6. The van der Waals surface area contributed by atoms with Crippen LogP contribution in [-0.2, 0) is 0 Å². The highest BCUT2D eigenvalue weighted by molar-refractivity contribution is 7.23. The lowest BCUT2D eigenvalue weighted by molar-refractivity contribution is 0.107. The summed E-state index contributed by atoms with van der Waals surface area (Å²) in [7, 11) is 3.33. The first kappa shape index (κ1) is 32.8. The fourth-order valence-corrected chi connectivity index (χ4v) is 8.15. The molecule has 3 aromatic heterocycles. The molecule has 5 aromatic rings. The average Bonchev–Trinajstić information content (AvgIpc) is 3.87. The Bertz CT molecular complexity index is 2140. The third-order valence-electron chi connectivity index (χ3n) is 9.35. The molecule has 0 spiro atoms. The van der Waals surface area contributed by atoms with Crippen LogP contribution in [0.2, 0.25) is 5.02 Å². The van der Waals surface area contributed by atoms with Gasteiger partial charge in [0.05, 0.1) is 33.2 Å². The van der Waals surface area contributed by atoms with Crippen LogP contribution < -0.4 is 15.4 Å². The standard InChI is InChI=1S/C32H30ClF3N10O2S/c1-43(10-11-44(2)31(47)46-9-7-39-42-46)29-19-12-21(33)24(18-4-5-22(35)27-23(18)20(14-37)28(38)49-27)25(36)26(19)40-30(41-29)48-16-32-6-3-8-45(32)15-17(34)13-32/h4-5,7,9,12,17H,3,6,8,10-11,13,15-16,38H2,1-2H3/t17-,32+/m1/s1. The van der Waals surface area contributed by atoms with Crippen LogP contribution >= 0.6 is 22.9 Å². The van der Waals surface area contributed by atoms with Crippen molar-refractivity contribution in [2.24, 2.45) is 0 Å². The van der Waals surface area contributed by atoms with Crippen LogP contribution in [0.3, 0.4) is 0 Å². The molecular weight excluding hydrogens is 681 g/mol. The minimum Gasteiger partial charge on any atom is -0.461 e. The molecule has 2 aliphatic heterocycles. The number of amides is 1. The summed E-state index contributed by atoms with van der Waals surface area (Å²) in [5.41, 5.74) is 5.50. The van der Waals surface area contributed by atoms with Gasteiger partial charge in [-0.25, -0.2) is 18.0 Å². The van der Waals surface area contributed by atoms with E-state index in [0.29, 0.717) is 13.0 Å². The van der Waals surface area contributed by atoms with Crippen LogP contribution in [0.4, 0.5) is 28.8 Å². The predicted molar refractivity (Wildman–Crippen MR) is 180 cm³/mol. The van der Waals surface area contributed by atoms with Gasteiger partial charge in [0, 0.05) is 56.5 Å². The van der Waals surface area contributed by atoms with E-state index in [1.54, 1.807) is 19.0 Å². The lowest BCUT2D eigenvalue weighted by Crippen LogP contribution is -2.43. The summed E-state index contributed by atoms with van der Waals surface area (Å²) in [5, 5.41) is 17.7. The summed E-state index contributed by atoms with van der Waals surface area (Å²) < 4.78 is 53.6. The molecule has 2 fully saturated rings. The number of nitrogens with two attached hydrogens (primary N) is 1. The monoisotopic (exact) mass is 710 g/mol. The molecule has 0 saturated carbocycles. The van der Waals surface area contributed by atoms with Gasteiger partial charge in [-0.3, -0.25) is 4.90 Å². The Morgan fingerprint density at radius 2 is 2.10 bits per heavy atom. The molecule has 1 amide bonds. The fraction of sp³-hybridized carbons (Fsp3) is 0.375. The summed E-state index contributed by atoms with van der Waals surface area (Å²) in [4.78, 5) is 27.1. The van der Waals surface area contributed by atoms with Gasteiger partial charge in [0.15, 0.2) is 5.82 Å². The zero-order chi connectivity index (χ0) is 34.6. The highest BCUT2D eigenvalue weighted by Crippen LogP contribution is 2.46. The van der Waals surface area contributed by atoms with Crippen molar-refractivity contribution in [3.63, 3.8) is 0 Å². The van der Waals surface area contributed by atoms with Gasteiger partial charge in [-0.1, -0.05) is 22.9 Å². The Labute approximate surface area is 287 Å². The van der Waals surface area contributed by atoms with Crippen LogP contribution in [-0.4, -0.2) is 99.4 Å². The second-order valence-corrected chi connectivity index (χ2v) is 13.8. The van der Waals surface area contributed by atoms with Crippen molar-refractivity contribution in [3.05, 3.63) is 52.8 Å². The largest absolute Gasteiger partial charge is 0.461 e. The van der Waals surface area contributed by atoms with E-state index < -0.39 is 29.4 Å². The minimum absolute atomic E-state index is 0.0184. The van der Waals surface area contributed by atoms with Crippen molar-refractivity contribution in [1.29, 1.82) is 5.26 Å². The van der Waals surface area contributed by atoms with Crippen molar-refractivity contribution in [3.8, 4) is 23.2 Å². The van der Waals surface area contributed by atoms with E-state index >= 15 is 4.39 Å². The molecule has 2 aliphatic rings. The van der Waals surface area contributed by atoms with E-state index in [0.717, 1.165) is 35.4 Å². The van der Waals surface area contributed by atoms with Crippen molar-refractivity contribution in [2.75, 3.05) is 57.5 Å². The Balaban J connectivity index is 1.32. The maximum Gasteiger partial charge on any atom is 0.345 e. The molecule has 2 N–H and O–H groups in total. The zero-order valence-corrected chi connectivity index (χ0v) is 28.0. The van der Waals surface area contributed by atoms with Crippen molar-refractivity contribution < 1.29 is 22.7 Å². The Morgan fingerprint density at radius 1 is 1.29 bits per heavy atom.